The van der Waals surface area contributed by atoms with E-state index in [-0.39, 0.29) is 36.7 Å². The van der Waals surface area contributed by atoms with Gasteiger partial charge in [-0.1, -0.05) is 23.8 Å². The van der Waals surface area contributed by atoms with E-state index in [0.717, 1.165) is 20.8 Å². The van der Waals surface area contributed by atoms with Crippen molar-refractivity contribution in [3.05, 3.63) is 89.4 Å². The first kappa shape index (κ1) is 31.6. The average Bonchev–Trinajstić information content (AvgIpc) is 3.68. The van der Waals surface area contributed by atoms with Gasteiger partial charge in [0, 0.05) is 42.7 Å². The highest BCUT2D eigenvalue weighted by atomic mass is 32.2. The van der Waals surface area contributed by atoms with E-state index in [1.165, 1.54) is 12.4 Å². The minimum Gasteiger partial charge on any atom is -0.355 e. The fourth-order valence-corrected chi connectivity index (χ4v) is 7.13. The Bertz CT molecular complexity index is 1750. The fourth-order valence-electron chi connectivity index (χ4n) is 5.86. The van der Waals surface area contributed by atoms with Crippen LogP contribution in [0.25, 0.3) is 10.9 Å². The maximum Gasteiger partial charge on any atom is 0.395 e. The van der Waals surface area contributed by atoms with Crippen LogP contribution in [0.5, 0.6) is 0 Å². The number of aryl methyl sites for hydroxylation is 2. The second-order valence-corrected chi connectivity index (χ2v) is 13.7. The summed E-state index contributed by atoms with van der Waals surface area (Å²) in [5.74, 6) is -1.43. The molecule has 2 aromatic heterocycles. The smallest absolute Gasteiger partial charge is 0.355 e. The number of halogens is 3. The number of pyridine rings is 1. The van der Waals surface area contributed by atoms with Gasteiger partial charge in [0.2, 0.25) is 5.91 Å². The predicted molar refractivity (Wildman–Crippen MR) is 162 cm³/mol. The molecular formula is C32H36F3N5O3S. The highest BCUT2D eigenvalue weighted by molar-refractivity contribution is 7.90. The molecule has 2 aromatic carbocycles. The van der Waals surface area contributed by atoms with Gasteiger partial charge in [-0.05, 0) is 94.2 Å². The van der Waals surface area contributed by atoms with Crippen molar-refractivity contribution in [3.8, 4) is 0 Å². The van der Waals surface area contributed by atoms with E-state index in [0.29, 0.717) is 22.9 Å². The van der Waals surface area contributed by atoms with Gasteiger partial charge in [0.15, 0.2) is 0 Å². The lowest BCUT2D eigenvalue weighted by Crippen LogP contribution is -2.43. The van der Waals surface area contributed by atoms with Crippen molar-refractivity contribution >= 4 is 26.8 Å². The van der Waals surface area contributed by atoms with Crippen molar-refractivity contribution in [1.29, 1.82) is 0 Å². The van der Waals surface area contributed by atoms with Crippen LogP contribution in [0.1, 0.15) is 47.4 Å². The predicted octanol–water partition coefficient (Wildman–Crippen LogP) is 5.39. The Balaban J connectivity index is 1.31. The van der Waals surface area contributed by atoms with Crippen molar-refractivity contribution < 1.29 is 26.4 Å². The molecular weight excluding hydrogens is 591 g/mol. The van der Waals surface area contributed by atoms with Crippen molar-refractivity contribution in [2.45, 2.75) is 62.6 Å². The van der Waals surface area contributed by atoms with E-state index in [2.05, 4.69) is 15.4 Å². The molecule has 5 rings (SSSR count). The lowest BCUT2D eigenvalue weighted by molar-refractivity contribution is -0.194. The van der Waals surface area contributed by atoms with Crippen LogP contribution in [0.4, 0.5) is 13.2 Å². The first-order valence-electron chi connectivity index (χ1n) is 14.4. The van der Waals surface area contributed by atoms with Crippen molar-refractivity contribution in [3.63, 3.8) is 0 Å². The molecule has 44 heavy (non-hydrogen) atoms. The van der Waals surface area contributed by atoms with Gasteiger partial charge in [-0.25, -0.2) is 0 Å². The van der Waals surface area contributed by atoms with Crippen LogP contribution in [0.15, 0.2) is 72.0 Å². The van der Waals surface area contributed by atoms with E-state index in [1.807, 2.05) is 38.9 Å². The van der Waals surface area contributed by atoms with Crippen LogP contribution in [-0.4, -0.2) is 66.3 Å². The number of amides is 1. The number of carbonyl (C=O) groups excluding carboxylic acids is 1. The molecule has 1 saturated carbocycles. The van der Waals surface area contributed by atoms with Crippen LogP contribution in [0.2, 0.25) is 0 Å². The summed E-state index contributed by atoms with van der Waals surface area (Å²) in [6, 6.07) is 13.1. The number of hydrogen-bond acceptors (Lipinski definition) is 6. The summed E-state index contributed by atoms with van der Waals surface area (Å²) in [5, 5.41) is 7.79. The largest absolute Gasteiger partial charge is 0.395 e. The summed E-state index contributed by atoms with van der Waals surface area (Å²) < 4.78 is 69.9. The van der Waals surface area contributed by atoms with Gasteiger partial charge in [-0.3, -0.25) is 9.78 Å². The van der Waals surface area contributed by atoms with Gasteiger partial charge in [0.25, 0.3) is 10.0 Å². The second-order valence-electron chi connectivity index (χ2n) is 11.9. The first-order valence-corrected chi connectivity index (χ1v) is 15.9. The number of likely N-dealkylation sites (N-methyl/N-ethyl adjacent to an activating group) is 1. The highest BCUT2D eigenvalue weighted by Gasteiger charge is 2.67. The van der Waals surface area contributed by atoms with Crippen LogP contribution in [0, 0.1) is 19.3 Å². The third-order valence-electron chi connectivity index (χ3n) is 8.89. The lowest BCUT2D eigenvalue weighted by Gasteiger charge is -2.30. The van der Waals surface area contributed by atoms with Gasteiger partial charge in [0.05, 0.1) is 22.0 Å². The molecule has 8 nitrogen and oxygen atoms in total. The molecule has 1 N–H and O–H groups in total. The van der Waals surface area contributed by atoms with E-state index in [1.54, 1.807) is 48.7 Å². The summed E-state index contributed by atoms with van der Waals surface area (Å²) in [7, 11) is -0.144. The second kappa shape index (κ2) is 12.0. The maximum absolute atomic E-state index is 14.1. The number of alkyl halides is 3. The summed E-state index contributed by atoms with van der Waals surface area (Å²) in [4.78, 5) is 19.1. The Morgan fingerprint density at radius 1 is 1.05 bits per heavy atom. The molecule has 0 radical (unpaired) electrons. The number of rotatable bonds is 11. The molecule has 4 aromatic rings. The molecule has 12 heteroatoms. The van der Waals surface area contributed by atoms with Crippen LogP contribution in [0.3, 0.4) is 0 Å². The van der Waals surface area contributed by atoms with E-state index in [9.17, 15) is 26.4 Å². The molecule has 0 saturated heterocycles. The van der Waals surface area contributed by atoms with Crippen molar-refractivity contribution in [1.82, 2.24) is 24.4 Å². The Morgan fingerprint density at radius 2 is 1.70 bits per heavy atom. The number of aromatic nitrogens is 3. The molecule has 234 valence electrons. The molecule has 0 unspecified atom stereocenters. The Kier molecular flexibility index (Phi) is 8.60. The number of fused-ring (bicyclic) bond motifs is 1. The Morgan fingerprint density at radius 3 is 2.30 bits per heavy atom. The van der Waals surface area contributed by atoms with Gasteiger partial charge in [0.1, 0.15) is 0 Å². The standard InChI is InChI=1S/C32H36F3N5O3S/c1-21-5-8-26(9-6-21)44(42,43)40-29-10-7-24(22(2)27(29)20-38-40)17-25(39(3)4)19-37-30(41)18-28(23-11-15-36-16-12-23)31(13-14-31)32(33,34)35/h5-12,15-16,20,25,28H,13-14,17-19H2,1-4H3,(H,37,41)/t25-,28+/m0/s1. The Labute approximate surface area is 255 Å². The molecule has 1 aliphatic rings. The van der Waals surface area contributed by atoms with Crippen LogP contribution >= 0.6 is 0 Å². The minimum atomic E-state index is -4.41. The van der Waals surface area contributed by atoms with E-state index in [4.69, 9.17) is 0 Å². The van der Waals surface area contributed by atoms with Gasteiger partial charge >= 0.3 is 6.18 Å². The lowest BCUT2D eigenvalue weighted by atomic mass is 9.80. The summed E-state index contributed by atoms with van der Waals surface area (Å²) in [5.41, 5.74) is 1.79. The number of benzene rings is 2. The molecule has 2 atom stereocenters. The third kappa shape index (κ3) is 6.10. The van der Waals surface area contributed by atoms with Gasteiger partial charge in [-0.2, -0.15) is 30.8 Å². The van der Waals surface area contributed by atoms with Crippen LogP contribution in [-0.2, 0) is 21.2 Å². The Hall–Kier alpha value is -3.77. The molecule has 0 bridgehead atoms. The molecule has 0 aliphatic heterocycles. The highest BCUT2D eigenvalue weighted by Crippen LogP contribution is 2.66. The fraction of sp³-hybridized carbons (Fsp3) is 0.406. The summed E-state index contributed by atoms with van der Waals surface area (Å²) in [6.45, 7) is 4.01. The van der Waals surface area contributed by atoms with Crippen LogP contribution < -0.4 is 5.32 Å². The zero-order valence-electron chi connectivity index (χ0n) is 25.1. The zero-order chi connectivity index (χ0) is 31.9. The van der Waals surface area contributed by atoms with Gasteiger partial charge in [-0.15, -0.1) is 0 Å². The normalized spacial score (nSPS) is 16.2. The molecule has 1 fully saturated rings. The third-order valence-corrected chi connectivity index (χ3v) is 10.5. The molecule has 0 spiro atoms. The van der Waals surface area contributed by atoms with Crippen molar-refractivity contribution in [2.75, 3.05) is 20.6 Å². The van der Waals surface area contributed by atoms with Crippen molar-refractivity contribution in [2.24, 2.45) is 5.41 Å². The molecule has 2 heterocycles. The minimum absolute atomic E-state index is 0.00174. The average molecular weight is 628 g/mol. The number of nitrogens with zero attached hydrogens (tertiary/aromatic N) is 4. The number of nitrogens with one attached hydrogen (secondary N) is 1. The zero-order valence-corrected chi connectivity index (χ0v) is 25.9. The monoisotopic (exact) mass is 627 g/mol. The van der Waals surface area contributed by atoms with Gasteiger partial charge < -0.3 is 10.2 Å². The number of carbonyl (C=O) groups is 1. The first-order chi connectivity index (χ1) is 20.7. The summed E-state index contributed by atoms with van der Waals surface area (Å²) >= 11 is 0. The SMILES string of the molecule is Cc1ccc(S(=O)(=O)n2ncc3c(C)c(C[C@@H](CNC(=O)C[C@H](c4ccncc4)C4(C(F)(F)F)CC4)N(C)C)ccc32)cc1. The summed E-state index contributed by atoms with van der Waals surface area (Å²) in [6.07, 6.45) is 0.292. The molecule has 1 aliphatic carbocycles. The van der Waals surface area contributed by atoms with E-state index < -0.39 is 33.4 Å². The maximum atomic E-state index is 14.1. The topological polar surface area (TPSA) is 97.2 Å². The van der Waals surface area contributed by atoms with E-state index >= 15 is 0 Å². The quantitative estimate of drug-likeness (QED) is 0.240. The molecule has 1 amide bonds. The number of hydrogen-bond donors (Lipinski definition) is 1.